The monoisotopic (exact) mass is 490 g/mol. The maximum absolute atomic E-state index is 13.3. The predicted molar refractivity (Wildman–Crippen MR) is 127 cm³/mol. The zero-order valence-corrected chi connectivity index (χ0v) is 18.8. The standard InChI is InChI=1S/C15H12N2O2.C10H8F2N4O/c16-15(19)17-12-7-3-1-5-10(12)9-14(18)11-6-2-4-8-13(11)17;11-7-2-1-3-8(12)6(7)4-16-5-9(10(13)17)14-15-16/h1-8H,9H2,(H2,16,19);1-3,5H,4H2,(H2,13,17). The Kier molecular flexibility index (Phi) is 6.81. The van der Waals surface area contributed by atoms with E-state index in [0.717, 1.165) is 22.4 Å². The van der Waals surface area contributed by atoms with E-state index in [1.54, 1.807) is 30.3 Å². The Morgan fingerprint density at radius 2 is 1.53 bits per heavy atom. The fourth-order valence-corrected chi connectivity index (χ4v) is 3.75. The van der Waals surface area contributed by atoms with Crippen LogP contribution in [0.3, 0.4) is 0 Å². The minimum Gasteiger partial charge on any atom is -0.364 e. The van der Waals surface area contributed by atoms with Gasteiger partial charge in [-0.2, -0.15) is 0 Å². The molecule has 182 valence electrons. The number of Topliss-reactive ketones (excluding diaryl/α,β-unsaturated/α-hetero) is 1. The first-order valence-electron chi connectivity index (χ1n) is 10.7. The molecule has 0 saturated heterocycles. The molecule has 0 radical (unpaired) electrons. The van der Waals surface area contributed by atoms with Crippen molar-refractivity contribution in [3.8, 4) is 0 Å². The molecule has 3 amide bonds. The van der Waals surface area contributed by atoms with E-state index in [9.17, 15) is 23.2 Å². The molecule has 5 rings (SSSR count). The maximum Gasteiger partial charge on any atom is 0.323 e. The van der Waals surface area contributed by atoms with Crippen LogP contribution in [0.15, 0.2) is 72.9 Å². The Morgan fingerprint density at radius 3 is 2.17 bits per heavy atom. The third-order valence-electron chi connectivity index (χ3n) is 5.42. The molecule has 0 atom stereocenters. The predicted octanol–water partition coefficient (Wildman–Crippen LogP) is 3.35. The van der Waals surface area contributed by atoms with Gasteiger partial charge in [-0.3, -0.25) is 14.5 Å². The van der Waals surface area contributed by atoms with Crippen LogP contribution in [0.4, 0.5) is 25.0 Å². The minimum absolute atomic E-state index is 0.00759. The van der Waals surface area contributed by atoms with E-state index < -0.39 is 23.6 Å². The van der Waals surface area contributed by atoms with Crippen molar-refractivity contribution >= 4 is 29.1 Å². The summed E-state index contributed by atoms with van der Waals surface area (Å²) in [5, 5.41) is 7.01. The molecule has 0 fully saturated rings. The van der Waals surface area contributed by atoms with Crippen molar-refractivity contribution in [2.24, 2.45) is 11.5 Å². The number of rotatable bonds is 3. The minimum atomic E-state index is -0.745. The molecular weight excluding hydrogens is 470 g/mol. The zero-order valence-electron chi connectivity index (χ0n) is 18.8. The molecule has 0 spiro atoms. The fourth-order valence-electron chi connectivity index (χ4n) is 3.75. The number of primary amides is 2. The average molecular weight is 490 g/mol. The smallest absolute Gasteiger partial charge is 0.323 e. The highest BCUT2D eigenvalue weighted by Gasteiger charge is 2.27. The van der Waals surface area contributed by atoms with E-state index in [1.807, 2.05) is 18.2 Å². The Labute approximate surface area is 203 Å². The van der Waals surface area contributed by atoms with Crippen molar-refractivity contribution < 1.29 is 23.2 Å². The first kappa shape index (κ1) is 24.2. The topological polar surface area (TPSA) is 137 Å². The number of hydrogen-bond donors (Lipinski definition) is 2. The number of carbonyl (C=O) groups excluding carboxylic acids is 3. The van der Waals surface area contributed by atoms with Gasteiger partial charge in [-0.15, -0.1) is 5.10 Å². The molecule has 11 heteroatoms. The van der Waals surface area contributed by atoms with Gasteiger partial charge in [-0.05, 0) is 35.9 Å². The molecule has 0 aliphatic carbocycles. The molecule has 1 aliphatic heterocycles. The van der Waals surface area contributed by atoms with Gasteiger partial charge in [0.25, 0.3) is 5.91 Å². The fraction of sp³-hybridized carbons (Fsp3) is 0.0800. The largest absolute Gasteiger partial charge is 0.364 e. The van der Waals surface area contributed by atoms with Crippen LogP contribution in [0.5, 0.6) is 0 Å². The van der Waals surface area contributed by atoms with Gasteiger partial charge in [0.1, 0.15) is 11.6 Å². The van der Waals surface area contributed by atoms with Crippen LogP contribution >= 0.6 is 0 Å². The van der Waals surface area contributed by atoms with Crippen LogP contribution in [0.25, 0.3) is 0 Å². The van der Waals surface area contributed by atoms with Crippen LogP contribution in [-0.4, -0.2) is 32.7 Å². The van der Waals surface area contributed by atoms with Crippen molar-refractivity contribution in [3.63, 3.8) is 0 Å². The number of amides is 3. The van der Waals surface area contributed by atoms with Crippen LogP contribution in [-0.2, 0) is 13.0 Å². The lowest BCUT2D eigenvalue weighted by molar-refractivity contribution is 0.0986. The summed E-state index contributed by atoms with van der Waals surface area (Å²) in [6.45, 7) is -0.154. The van der Waals surface area contributed by atoms with E-state index in [4.69, 9.17) is 11.5 Å². The molecule has 9 nitrogen and oxygen atoms in total. The first-order valence-corrected chi connectivity index (χ1v) is 10.7. The van der Waals surface area contributed by atoms with Gasteiger partial charge in [-0.25, -0.2) is 18.3 Å². The van der Waals surface area contributed by atoms with Crippen LogP contribution in [0.1, 0.15) is 32.0 Å². The number of carbonyl (C=O) groups is 3. The molecule has 36 heavy (non-hydrogen) atoms. The molecule has 4 aromatic rings. The van der Waals surface area contributed by atoms with E-state index in [1.165, 1.54) is 17.2 Å². The van der Waals surface area contributed by atoms with E-state index in [-0.39, 0.29) is 30.0 Å². The van der Waals surface area contributed by atoms with E-state index in [2.05, 4.69) is 10.3 Å². The Hall–Kier alpha value is -4.93. The summed E-state index contributed by atoms with van der Waals surface area (Å²) in [6.07, 6.45) is 1.51. The number of halogens is 2. The molecule has 3 aromatic carbocycles. The number of benzene rings is 3. The quantitative estimate of drug-likeness (QED) is 0.454. The van der Waals surface area contributed by atoms with Gasteiger partial charge >= 0.3 is 6.03 Å². The van der Waals surface area contributed by atoms with Gasteiger partial charge in [0.15, 0.2) is 11.5 Å². The summed E-state index contributed by atoms with van der Waals surface area (Å²) in [5.74, 6) is -2.11. The van der Waals surface area contributed by atoms with Gasteiger partial charge in [-0.1, -0.05) is 41.6 Å². The highest BCUT2D eigenvalue weighted by atomic mass is 19.1. The summed E-state index contributed by atoms with van der Waals surface area (Å²) >= 11 is 0. The van der Waals surface area contributed by atoms with Crippen LogP contribution in [0.2, 0.25) is 0 Å². The third kappa shape index (κ3) is 4.94. The molecule has 1 aliphatic rings. The Morgan fingerprint density at radius 1 is 0.889 bits per heavy atom. The van der Waals surface area contributed by atoms with Gasteiger partial charge in [0.2, 0.25) is 0 Å². The molecular formula is C25H20F2N6O3. The second kappa shape index (κ2) is 10.1. The Bertz CT molecular complexity index is 1450. The SMILES string of the molecule is NC(=O)N1c2ccccc2CC(=O)c2ccccc21.NC(=O)c1cn(Cc2c(F)cccc2F)nn1. The van der Waals surface area contributed by atoms with E-state index in [0.29, 0.717) is 16.9 Å². The van der Waals surface area contributed by atoms with Gasteiger partial charge < -0.3 is 11.5 Å². The second-order valence-corrected chi connectivity index (χ2v) is 7.79. The number of aromatic nitrogens is 3. The maximum atomic E-state index is 13.3. The summed E-state index contributed by atoms with van der Waals surface area (Å²) in [4.78, 5) is 36.2. The number of hydrogen-bond acceptors (Lipinski definition) is 5. The number of nitrogens with two attached hydrogens (primary N) is 2. The first-order chi connectivity index (χ1) is 17.3. The average Bonchev–Trinajstić information content (AvgIpc) is 3.28. The number of anilines is 2. The van der Waals surface area contributed by atoms with Crippen molar-refractivity contribution in [2.45, 2.75) is 13.0 Å². The van der Waals surface area contributed by atoms with Crippen LogP contribution in [0, 0.1) is 11.6 Å². The summed E-state index contributed by atoms with van der Waals surface area (Å²) in [6, 6.07) is 17.3. The third-order valence-corrected chi connectivity index (χ3v) is 5.42. The van der Waals surface area contributed by atoms with Crippen molar-refractivity contribution in [1.29, 1.82) is 0 Å². The van der Waals surface area contributed by atoms with Crippen molar-refractivity contribution in [3.05, 3.63) is 107 Å². The molecule has 0 unspecified atom stereocenters. The lowest BCUT2D eigenvalue weighted by Gasteiger charge is -2.22. The molecule has 0 bridgehead atoms. The normalized spacial score (nSPS) is 12.1. The van der Waals surface area contributed by atoms with E-state index >= 15 is 0 Å². The van der Waals surface area contributed by atoms with Gasteiger partial charge in [0, 0.05) is 17.5 Å². The highest BCUT2D eigenvalue weighted by Crippen LogP contribution is 2.35. The summed E-state index contributed by atoms with van der Waals surface area (Å²) in [5.41, 5.74) is 12.8. The number of para-hydroxylation sites is 2. The highest BCUT2D eigenvalue weighted by molar-refractivity contribution is 6.11. The molecule has 4 N–H and O–H groups in total. The number of urea groups is 1. The van der Waals surface area contributed by atoms with Crippen molar-refractivity contribution in [2.75, 3.05) is 4.90 Å². The van der Waals surface area contributed by atoms with Crippen molar-refractivity contribution in [1.82, 2.24) is 15.0 Å². The zero-order chi connectivity index (χ0) is 25.8. The molecule has 2 heterocycles. The molecule has 0 saturated carbocycles. The van der Waals surface area contributed by atoms with Gasteiger partial charge in [0.05, 0.1) is 24.1 Å². The second-order valence-electron chi connectivity index (χ2n) is 7.79. The van der Waals surface area contributed by atoms with Crippen LogP contribution < -0.4 is 16.4 Å². The Balaban J connectivity index is 0.000000170. The summed E-state index contributed by atoms with van der Waals surface area (Å²) < 4.78 is 27.8. The molecule has 1 aromatic heterocycles. The summed E-state index contributed by atoms with van der Waals surface area (Å²) in [7, 11) is 0. The number of nitrogens with zero attached hydrogens (tertiary/aromatic N) is 4. The number of fused-ring (bicyclic) bond motifs is 2. The lowest BCUT2D eigenvalue weighted by Crippen LogP contribution is -2.32. The number of ketones is 1. The lowest BCUT2D eigenvalue weighted by atomic mass is 10.0.